The summed E-state index contributed by atoms with van der Waals surface area (Å²) in [6.45, 7) is 8.05. The number of hydrogen-bond acceptors (Lipinski definition) is 7. The minimum atomic E-state index is -0.546. The molecule has 10 heteroatoms. The summed E-state index contributed by atoms with van der Waals surface area (Å²) >= 11 is 1.56. The first-order valence-corrected chi connectivity index (χ1v) is 12.8. The molecule has 2 aromatic rings. The van der Waals surface area contributed by atoms with E-state index in [9.17, 15) is 14.4 Å². The number of thioether (sulfide) groups is 1. The van der Waals surface area contributed by atoms with Gasteiger partial charge in [-0.05, 0) is 45.0 Å². The number of benzene rings is 1. The van der Waals surface area contributed by atoms with E-state index in [-0.39, 0.29) is 17.9 Å². The lowest BCUT2D eigenvalue weighted by Gasteiger charge is -2.36. The fraction of sp³-hybridized carbons (Fsp3) is 0.440. The van der Waals surface area contributed by atoms with Crippen molar-refractivity contribution in [1.29, 1.82) is 0 Å². The summed E-state index contributed by atoms with van der Waals surface area (Å²) in [6.07, 6.45) is 1.42. The monoisotopic (exact) mass is 497 g/mol. The lowest BCUT2D eigenvalue weighted by molar-refractivity contribution is -0.119. The Morgan fingerprint density at radius 1 is 1.03 bits per heavy atom. The van der Waals surface area contributed by atoms with Gasteiger partial charge in [-0.3, -0.25) is 9.59 Å². The third-order valence-corrected chi connectivity index (χ3v) is 6.77. The molecule has 0 saturated carbocycles. The first-order valence-electron chi connectivity index (χ1n) is 11.6. The molecule has 35 heavy (non-hydrogen) atoms. The van der Waals surface area contributed by atoms with Crippen molar-refractivity contribution in [3.8, 4) is 0 Å². The van der Waals surface area contributed by atoms with Gasteiger partial charge in [0.1, 0.15) is 17.5 Å². The molecule has 1 unspecified atom stereocenters. The standard InChI is InChI=1S/C25H31N5O4S/c1-25(2,3)34-24(33)29-13-11-28(12-14-29)19-9-10-21(26-15-19)27-22(31)20-16-35-17-30(20)23(32)18-7-5-4-6-8-18/h4-10,15,20H,11-14,16-17H2,1-3H3,(H,26,27,31). The Hall–Kier alpha value is -3.27. The maximum absolute atomic E-state index is 12.9. The van der Waals surface area contributed by atoms with Crippen LogP contribution in [0.15, 0.2) is 48.7 Å². The van der Waals surface area contributed by atoms with E-state index in [0.717, 1.165) is 5.69 Å². The molecule has 2 fully saturated rings. The average molecular weight is 498 g/mol. The van der Waals surface area contributed by atoms with E-state index in [4.69, 9.17) is 4.74 Å². The largest absolute Gasteiger partial charge is 0.444 e. The number of carbonyl (C=O) groups excluding carboxylic acids is 3. The molecule has 4 rings (SSSR count). The fourth-order valence-electron chi connectivity index (χ4n) is 3.94. The first-order chi connectivity index (χ1) is 16.7. The van der Waals surface area contributed by atoms with Gasteiger partial charge in [-0.15, -0.1) is 11.8 Å². The van der Waals surface area contributed by atoms with E-state index >= 15 is 0 Å². The Bertz CT molecular complexity index is 1050. The van der Waals surface area contributed by atoms with Crippen LogP contribution in [-0.2, 0) is 9.53 Å². The number of amides is 3. The van der Waals surface area contributed by atoms with Gasteiger partial charge in [-0.1, -0.05) is 18.2 Å². The van der Waals surface area contributed by atoms with Crippen molar-refractivity contribution in [2.75, 3.05) is 48.0 Å². The van der Waals surface area contributed by atoms with Crippen LogP contribution in [0.4, 0.5) is 16.3 Å². The minimum Gasteiger partial charge on any atom is -0.444 e. The zero-order chi connectivity index (χ0) is 25.0. The highest BCUT2D eigenvalue weighted by atomic mass is 32.2. The van der Waals surface area contributed by atoms with E-state index in [1.165, 1.54) is 0 Å². The lowest BCUT2D eigenvalue weighted by atomic mass is 10.1. The molecule has 1 aromatic carbocycles. The van der Waals surface area contributed by atoms with E-state index in [0.29, 0.717) is 49.2 Å². The Labute approximate surface area is 209 Å². The number of aromatic nitrogens is 1. The number of pyridine rings is 1. The van der Waals surface area contributed by atoms with Crippen LogP contribution in [-0.4, -0.2) is 82.1 Å². The van der Waals surface area contributed by atoms with Crippen molar-refractivity contribution in [3.63, 3.8) is 0 Å². The number of carbonyl (C=O) groups is 3. The summed E-state index contributed by atoms with van der Waals surface area (Å²) in [5, 5.41) is 2.85. The molecule has 2 aliphatic rings. The minimum absolute atomic E-state index is 0.149. The molecule has 1 atom stereocenters. The Morgan fingerprint density at radius 2 is 1.74 bits per heavy atom. The highest BCUT2D eigenvalue weighted by molar-refractivity contribution is 7.99. The zero-order valence-electron chi connectivity index (χ0n) is 20.3. The molecule has 9 nitrogen and oxygen atoms in total. The molecule has 0 spiro atoms. The highest BCUT2D eigenvalue weighted by Gasteiger charge is 2.35. The van der Waals surface area contributed by atoms with Gasteiger partial charge in [0.25, 0.3) is 5.91 Å². The number of rotatable bonds is 4. The van der Waals surface area contributed by atoms with E-state index in [1.54, 1.807) is 46.0 Å². The SMILES string of the molecule is CC(C)(C)OC(=O)N1CCN(c2ccc(NC(=O)C3CSCN3C(=O)c3ccccc3)nc2)CC1. The summed E-state index contributed by atoms with van der Waals surface area (Å²) in [7, 11) is 0. The molecule has 1 aromatic heterocycles. The van der Waals surface area contributed by atoms with Crippen molar-refractivity contribution in [3.05, 3.63) is 54.2 Å². The van der Waals surface area contributed by atoms with Crippen molar-refractivity contribution in [2.24, 2.45) is 0 Å². The predicted octanol–water partition coefficient (Wildman–Crippen LogP) is 3.29. The van der Waals surface area contributed by atoms with Crippen LogP contribution in [0.3, 0.4) is 0 Å². The van der Waals surface area contributed by atoms with Crippen LogP contribution < -0.4 is 10.2 Å². The molecule has 0 bridgehead atoms. The third kappa shape index (κ3) is 6.25. The van der Waals surface area contributed by atoms with Crippen LogP contribution in [0.2, 0.25) is 0 Å². The summed E-state index contributed by atoms with van der Waals surface area (Å²) < 4.78 is 5.45. The third-order valence-electron chi connectivity index (χ3n) is 5.76. The van der Waals surface area contributed by atoms with Crippen LogP contribution in [0.25, 0.3) is 0 Å². The molecular formula is C25H31N5O4S. The molecule has 0 radical (unpaired) electrons. The molecule has 0 aliphatic carbocycles. The second-order valence-corrected chi connectivity index (χ2v) is 10.5. The van der Waals surface area contributed by atoms with Crippen LogP contribution >= 0.6 is 11.8 Å². The first kappa shape index (κ1) is 24.8. The summed E-state index contributed by atoms with van der Waals surface area (Å²) in [5.74, 6) is 1.07. The predicted molar refractivity (Wildman–Crippen MR) is 137 cm³/mol. The van der Waals surface area contributed by atoms with Crippen molar-refractivity contribution >= 4 is 41.2 Å². The molecule has 3 heterocycles. The lowest BCUT2D eigenvalue weighted by Crippen LogP contribution is -2.50. The van der Waals surface area contributed by atoms with Gasteiger partial charge in [-0.2, -0.15) is 0 Å². The van der Waals surface area contributed by atoms with E-state index in [2.05, 4.69) is 15.2 Å². The summed E-state index contributed by atoms with van der Waals surface area (Å²) in [5.41, 5.74) is 0.979. The maximum Gasteiger partial charge on any atom is 0.410 e. The fourth-order valence-corrected chi connectivity index (χ4v) is 5.09. The second-order valence-electron chi connectivity index (χ2n) is 9.50. The van der Waals surface area contributed by atoms with Gasteiger partial charge in [0.15, 0.2) is 0 Å². The Kier molecular flexibility index (Phi) is 7.49. The number of anilines is 2. The quantitative estimate of drug-likeness (QED) is 0.693. The van der Waals surface area contributed by atoms with Gasteiger partial charge in [0.05, 0.1) is 17.8 Å². The second kappa shape index (κ2) is 10.6. The molecule has 186 valence electrons. The number of piperazine rings is 1. The number of ether oxygens (including phenoxy) is 1. The summed E-state index contributed by atoms with van der Waals surface area (Å²) in [4.78, 5) is 47.9. The van der Waals surface area contributed by atoms with Crippen molar-refractivity contribution in [1.82, 2.24) is 14.8 Å². The topological polar surface area (TPSA) is 95.1 Å². The zero-order valence-corrected chi connectivity index (χ0v) is 21.1. The van der Waals surface area contributed by atoms with Gasteiger partial charge in [0.2, 0.25) is 5.91 Å². The number of nitrogens with zero attached hydrogens (tertiary/aromatic N) is 4. The average Bonchev–Trinajstić information content (AvgIpc) is 3.34. The molecule has 2 aliphatic heterocycles. The van der Waals surface area contributed by atoms with Crippen LogP contribution in [0, 0.1) is 0 Å². The van der Waals surface area contributed by atoms with Crippen molar-refractivity contribution in [2.45, 2.75) is 32.4 Å². The van der Waals surface area contributed by atoms with Gasteiger partial charge in [-0.25, -0.2) is 9.78 Å². The van der Waals surface area contributed by atoms with Gasteiger partial charge < -0.3 is 24.8 Å². The van der Waals surface area contributed by atoms with Gasteiger partial charge in [0, 0.05) is 37.5 Å². The Morgan fingerprint density at radius 3 is 2.37 bits per heavy atom. The van der Waals surface area contributed by atoms with Crippen LogP contribution in [0.5, 0.6) is 0 Å². The highest BCUT2D eigenvalue weighted by Crippen LogP contribution is 2.25. The summed E-state index contributed by atoms with van der Waals surface area (Å²) in [6, 6.07) is 12.1. The molecule has 3 amide bonds. The number of hydrogen-bond donors (Lipinski definition) is 1. The number of nitrogens with one attached hydrogen (secondary N) is 1. The normalized spacial score (nSPS) is 18.4. The maximum atomic E-state index is 12.9. The Balaban J connectivity index is 1.31. The van der Waals surface area contributed by atoms with Crippen LogP contribution in [0.1, 0.15) is 31.1 Å². The molecular weight excluding hydrogens is 466 g/mol. The molecule has 1 N–H and O–H groups in total. The smallest absolute Gasteiger partial charge is 0.410 e. The van der Waals surface area contributed by atoms with Gasteiger partial charge >= 0.3 is 6.09 Å². The van der Waals surface area contributed by atoms with E-state index < -0.39 is 11.6 Å². The van der Waals surface area contributed by atoms with Crippen molar-refractivity contribution < 1.29 is 19.1 Å². The van der Waals surface area contributed by atoms with E-state index in [1.807, 2.05) is 45.0 Å². The molecule has 2 saturated heterocycles.